The van der Waals surface area contributed by atoms with E-state index in [-0.39, 0.29) is 17.6 Å². The number of nitrogens with one attached hydrogen (secondary N) is 2. The summed E-state index contributed by atoms with van der Waals surface area (Å²) >= 11 is 0. The van der Waals surface area contributed by atoms with E-state index in [1.807, 2.05) is 31.2 Å². The molecule has 1 aliphatic heterocycles. The first-order chi connectivity index (χ1) is 11.9. The van der Waals surface area contributed by atoms with Gasteiger partial charge in [-0.25, -0.2) is 4.79 Å². The lowest BCUT2D eigenvalue weighted by Crippen LogP contribution is -2.41. The molecule has 2 amide bonds. The quantitative estimate of drug-likeness (QED) is 0.882. The number of amides is 2. The highest BCUT2D eigenvalue weighted by molar-refractivity contribution is 5.98. The molecule has 0 spiro atoms. The zero-order valence-electron chi connectivity index (χ0n) is 14.2. The lowest BCUT2D eigenvalue weighted by molar-refractivity contribution is -0.133. The molecule has 1 fully saturated rings. The van der Waals surface area contributed by atoms with E-state index in [1.165, 1.54) is 0 Å². The lowest BCUT2D eigenvalue weighted by atomic mass is 10.1. The van der Waals surface area contributed by atoms with Crippen LogP contribution in [0.2, 0.25) is 0 Å². The molecule has 7 nitrogen and oxygen atoms in total. The molecule has 7 heteroatoms. The molecule has 2 heterocycles. The highest BCUT2D eigenvalue weighted by Gasteiger charge is 2.36. The second-order valence-electron chi connectivity index (χ2n) is 6.31. The third-order valence-electron chi connectivity index (χ3n) is 4.23. The number of carbonyl (C=O) groups excluding carboxylic acids is 2. The van der Waals surface area contributed by atoms with E-state index in [2.05, 4.69) is 15.3 Å². The Kier molecular flexibility index (Phi) is 4.65. The van der Waals surface area contributed by atoms with Gasteiger partial charge in [-0.15, -0.1) is 0 Å². The molecule has 1 aliphatic rings. The second-order valence-corrected chi connectivity index (χ2v) is 6.31. The van der Waals surface area contributed by atoms with Crippen LogP contribution in [0.1, 0.15) is 29.7 Å². The number of anilines is 1. The Hall–Kier alpha value is -2.96. The van der Waals surface area contributed by atoms with Gasteiger partial charge in [0.05, 0.1) is 0 Å². The standard InChI is InChI=1S/C18H20N4O3/c1-11-3-5-13(6-4-11)10-22-14(7-8-16(22)23)17(24)20-15-9-12(2)19-18(25)21-15/h3-6,9,14H,7-8,10H2,1-2H3,(H2,19,20,21,24,25)/t14-/m0/s1. The lowest BCUT2D eigenvalue weighted by Gasteiger charge is -2.24. The van der Waals surface area contributed by atoms with Gasteiger partial charge in [-0.2, -0.15) is 4.98 Å². The predicted molar refractivity (Wildman–Crippen MR) is 93.0 cm³/mol. The average Bonchev–Trinajstić information content (AvgIpc) is 2.89. The van der Waals surface area contributed by atoms with Gasteiger partial charge in [0.1, 0.15) is 11.9 Å². The van der Waals surface area contributed by atoms with E-state index < -0.39 is 11.7 Å². The topological polar surface area (TPSA) is 95.2 Å². The number of nitrogens with zero attached hydrogens (tertiary/aromatic N) is 2. The van der Waals surface area contributed by atoms with Crippen molar-refractivity contribution in [2.24, 2.45) is 0 Å². The fourth-order valence-corrected chi connectivity index (χ4v) is 2.95. The third-order valence-corrected chi connectivity index (χ3v) is 4.23. The highest BCUT2D eigenvalue weighted by Crippen LogP contribution is 2.23. The number of likely N-dealkylation sites (tertiary alicyclic amines) is 1. The number of H-pyrrole nitrogens is 1. The number of aryl methyl sites for hydroxylation is 2. The van der Waals surface area contributed by atoms with Crippen LogP contribution in [-0.4, -0.2) is 32.7 Å². The highest BCUT2D eigenvalue weighted by atomic mass is 16.2. The smallest absolute Gasteiger partial charge is 0.326 e. The number of hydrogen-bond donors (Lipinski definition) is 2. The average molecular weight is 340 g/mol. The number of carbonyl (C=O) groups is 2. The van der Waals surface area contributed by atoms with Gasteiger partial charge in [-0.1, -0.05) is 29.8 Å². The molecule has 25 heavy (non-hydrogen) atoms. The number of benzene rings is 1. The Morgan fingerprint density at radius 1 is 1.28 bits per heavy atom. The molecule has 1 saturated heterocycles. The maximum atomic E-state index is 12.6. The van der Waals surface area contributed by atoms with Gasteiger partial charge in [0.15, 0.2) is 0 Å². The Balaban J connectivity index is 1.75. The first-order valence-corrected chi connectivity index (χ1v) is 8.16. The summed E-state index contributed by atoms with van der Waals surface area (Å²) < 4.78 is 0. The van der Waals surface area contributed by atoms with Gasteiger partial charge in [0, 0.05) is 24.7 Å². The summed E-state index contributed by atoms with van der Waals surface area (Å²) in [6.45, 7) is 4.10. The first-order valence-electron chi connectivity index (χ1n) is 8.16. The van der Waals surface area contributed by atoms with Crippen molar-refractivity contribution in [3.8, 4) is 0 Å². The predicted octanol–water partition coefficient (Wildman–Crippen LogP) is 1.52. The molecular formula is C18H20N4O3. The van der Waals surface area contributed by atoms with E-state index in [9.17, 15) is 14.4 Å². The van der Waals surface area contributed by atoms with Crippen molar-refractivity contribution in [3.05, 3.63) is 57.6 Å². The van der Waals surface area contributed by atoms with Crippen molar-refractivity contribution in [2.45, 2.75) is 39.3 Å². The van der Waals surface area contributed by atoms with Gasteiger partial charge in [-0.3, -0.25) is 9.59 Å². The molecule has 0 radical (unpaired) electrons. The summed E-state index contributed by atoms with van der Waals surface area (Å²) in [6, 6.07) is 8.90. The SMILES string of the molecule is Cc1ccc(CN2C(=O)CC[C@H]2C(=O)Nc2cc(C)[nH]c(=O)n2)cc1. The van der Waals surface area contributed by atoms with Crippen LogP contribution in [0.3, 0.4) is 0 Å². The van der Waals surface area contributed by atoms with Crippen molar-refractivity contribution in [2.75, 3.05) is 5.32 Å². The summed E-state index contributed by atoms with van der Waals surface area (Å²) in [5, 5.41) is 2.65. The van der Waals surface area contributed by atoms with Crippen LogP contribution in [-0.2, 0) is 16.1 Å². The van der Waals surface area contributed by atoms with Gasteiger partial charge in [-0.05, 0) is 25.8 Å². The van der Waals surface area contributed by atoms with E-state index in [4.69, 9.17) is 0 Å². The Labute approximate surface area is 145 Å². The fourth-order valence-electron chi connectivity index (χ4n) is 2.95. The van der Waals surface area contributed by atoms with E-state index in [1.54, 1.807) is 17.9 Å². The van der Waals surface area contributed by atoms with E-state index >= 15 is 0 Å². The number of aromatic nitrogens is 2. The van der Waals surface area contributed by atoms with Crippen LogP contribution in [0.4, 0.5) is 5.82 Å². The zero-order valence-corrected chi connectivity index (χ0v) is 14.2. The molecule has 0 unspecified atom stereocenters. The van der Waals surface area contributed by atoms with Crippen molar-refractivity contribution >= 4 is 17.6 Å². The first kappa shape index (κ1) is 16.9. The van der Waals surface area contributed by atoms with E-state index in [0.717, 1.165) is 11.1 Å². The number of aromatic amines is 1. The van der Waals surface area contributed by atoms with Crippen LogP contribution in [0.25, 0.3) is 0 Å². The minimum Gasteiger partial charge on any atom is -0.326 e. The van der Waals surface area contributed by atoms with Gasteiger partial charge in [0.25, 0.3) is 0 Å². The summed E-state index contributed by atoms with van der Waals surface area (Å²) in [7, 11) is 0. The Morgan fingerprint density at radius 2 is 2.00 bits per heavy atom. The van der Waals surface area contributed by atoms with E-state index in [0.29, 0.717) is 25.1 Å². The van der Waals surface area contributed by atoms with Crippen LogP contribution < -0.4 is 11.0 Å². The van der Waals surface area contributed by atoms with Crippen LogP contribution in [0, 0.1) is 13.8 Å². The van der Waals surface area contributed by atoms with Crippen molar-refractivity contribution < 1.29 is 9.59 Å². The van der Waals surface area contributed by atoms with Crippen molar-refractivity contribution in [1.29, 1.82) is 0 Å². The number of rotatable bonds is 4. The van der Waals surface area contributed by atoms with Gasteiger partial charge in [0.2, 0.25) is 11.8 Å². The second kappa shape index (κ2) is 6.88. The normalized spacial score (nSPS) is 17.0. The monoisotopic (exact) mass is 340 g/mol. The van der Waals surface area contributed by atoms with Crippen LogP contribution in [0.15, 0.2) is 35.1 Å². The Bertz CT molecular complexity index is 857. The molecule has 1 aromatic heterocycles. The fraction of sp³-hybridized carbons (Fsp3) is 0.333. The molecule has 0 saturated carbocycles. The molecule has 130 valence electrons. The molecule has 2 N–H and O–H groups in total. The summed E-state index contributed by atoms with van der Waals surface area (Å²) in [5.41, 5.74) is 2.20. The molecule has 2 aromatic rings. The zero-order chi connectivity index (χ0) is 18.0. The largest absolute Gasteiger partial charge is 0.347 e. The van der Waals surface area contributed by atoms with Gasteiger partial charge >= 0.3 is 5.69 Å². The van der Waals surface area contributed by atoms with Gasteiger partial charge < -0.3 is 15.2 Å². The molecule has 0 aliphatic carbocycles. The van der Waals surface area contributed by atoms with Crippen molar-refractivity contribution in [3.63, 3.8) is 0 Å². The summed E-state index contributed by atoms with van der Waals surface area (Å²) in [6.07, 6.45) is 0.796. The molecule has 1 atom stereocenters. The minimum atomic E-state index is -0.560. The number of hydrogen-bond acceptors (Lipinski definition) is 4. The summed E-state index contributed by atoms with van der Waals surface area (Å²) in [4.78, 5) is 44.0. The van der Waals surface area contributed by atoms with Crippen molar-refractivity contribution in [1.82, 2.24) is 14.9 Å². The summed E-state index contributed by atoms with van der Waals surface area (Å²) in [5.74, 6) is -0.174. The minimum absolute atomic E-state index is 0.0456. The Morgan fingerprint density at radius 3 is 2.68 bits per heavy atom. The molecular weight excluding hydrogens is 320 g/mol. The molecule has 1 aromatic carbocycles. The third kappa shape index (κ3) is 3.93. The maximum absolute atomic E-state index is 12.6. The molecule has 3 rings (SSSR count). The maximum Gasteiger partial charge on any atom is 0.347 e. The van der Waals surface area contributed by atoms with Crippen LogP contribution in [0.5, 0.6) is 0 Å². The molecule has 0 bridgehead atoms. The van der Waals surface area contributed by atoms with Crippen LogP contribution >= 0.6 is 0 Å².